The third kappa shape index (κ3) is 1.49. The molecule has 0 bridgehead atoms. The van der Waals surface area contributed by atoms with Crippen molar-refractivity contribution in [2.24, 2.45) is 16.8 Å². The topological polar surface area (TPSA) is 58.6 Å². The average molecular weight is 176 g/mol. The number of amidine groups is 1. The maximum atomic E-state index is 8.47. The minimum Gasteiger partial charge on any atom is -0.409 e. The molecule has 0 aliphatic heterocycles. The molecule has 3 heteroatoms. The standard InChI is InChI=1S/C10H12N2O/c11-10(12-13)9-6-8(9)7-4-2-1-3-5-7/h1-5,8-9,13H,6H2,(H2,11,12)/t8-,9+/m1/s1. The van der Waals surface area contributed by atoms with Gasteiger partial charge in [-0.25, -0.2) is 0 Å². The number of rotatable bonds is 2. The first-order chi connectivity index (χ1) is 6.33. The van der Waals surface area contributed by atoms with Gasteiger partial charge in [0.1, 0.15) is 5.84 Å². The number of oxime groups is 1. The Bertz CT molecular complexity index is 321. The third-order valence-corrected chi connectivity index (χ3v) is 2.51. The Morgan fingerprint density at radius 3 is 2.69 bits per heavy atom. The van der Waals surface area contributed by atoms with Gasteiger partial charge in [-0.1, -0.05) is 35.5 Å². The maximum Gasteiger partial charge on any atom is 0.142 e. The molecule has 0 spiro atoms. The van der Waals surface area contributed by atoms with Crippen LogP contribution < -0.4 is 5.73 Å². The molecule has 3 N–H and O–H groups in total. The normalized spacial score (nSPS) is 27.2. The molecule has 0 amide bonds. The molecule has 1 aliphatic rings. The smallest absolute Gasteiger partial charge is 0.142 e. The summed E-state index contributed by atoms with van der Waals surface area (Å²) in [6.07, 6.45) is 1.000. The lowest BCUT2D eigenvalue weighted by Gasteiger charge is -1.97. The van der Waals surface area contributed by atoms with Gasteiger partial charge in [0.05, 0.1) is 0 Å². The minimum absolute atomic E-state index is 0.243. The number of nitrogens with zero attached hydrogens (tertiary/aromatic N) is 1. The lowest BCUT2D eigenvalue weighted by atomic mass is 10.1. The maximum absolute atomic E-state index is 8.47. The van der Waals surface area contributed by atoms with Crippen molar-refractivity contribution in [1.82, 2.24) is 0 Å². The van der Waals surface area contributed by atoms with Gasteiger partial charge in [-0.15, -0.1) is 0 Å². The van der Waals surface area contributed by atoms with Gasteiger partial charge in [0.15, 0.2) is 0 Å². The van der Waals surface area contributed by atoms with E-state index >= 15 is 0 Å². The molecule has 1 aromatic rings. The predicted molar refractivity (Wildman–Crippen MR) is 50.7 cm³/mol. The van der Waals surface area contributed by atoms with Crippen LogP contribution in [0.2, 0.25) is 0 Å². The van der Waals surface area contributed by atoms with Gasteiger partial charge in [-0.2, -0.15) is 0 Å². The van der Waals surface area contributed by atoms with E-state index < -0.39 is 0 Å². The second kappa shape index (κ2) is 3.09. The lowest BCUT2D eigenvalue weighted by molar-refractivity contribution is 0.316. The zero-order valence-electron chi connectivity index (χ0n) is 7.22. The van der Waals surface area contributed by atoms with Crippen molar-refractivity contribution < 1.29 is 5.21 Å². The van der Waals surface area contributed by atoms with Crippen molar-refractivity contribution in [3.05, 3.63) is 35.9 Å². The quantitative estimate of drug-likeness (QED) is 0.311. The number of hydrogen-bond acceptors (Lipinski definition) is 2. The molecule has 1 aromatic carbocycles. The highest BCUT2D eigenvalue weighted by atomic mass is 16.4. The molecule has 0 aromatic heterocycles. The largest absolute Gasteiger partial charge is 0.409 e. The summed E-state index contributed by atoms with van der Waals surface area (Å²) in [6.45, 7) is 0. The van der Waals surface area contributed by atoms with Gasteiger partial charge >= 0.3 is 0 Å². The van der Waals surface area contributed by atoms with Crippen LogP contribution in [0.3, 0.4) is 0 Å². The summed E-state index contributed by atoms with van der Waals surface area (Å²) >= 11 is 0. The Morgan fingerprint density at radius 2 is 2.08 bits per heavy atom. The SMILES string of the molecule is NC(=NO)[C@H]1C[C@@H]1c1ccccc1. The Hall–Kier alpha value is -1.51. The molecule has 68 valence electrons. The molecule has 0 saturated heterocycles. The molecule has 2 atom stereocenters. The highest BCUT2D eigenvalue weighted by Crippen LogP contribution is 2.47. The van der Waals surface area contributed by atoms with Crippen LogP contribution in [0, 0.1) is 5.92 Å². The van der Waals surface area contributed by atoms with Crippen LogP contribution in [0.1, 0.15) is 17.9 Å². The van der Waals surface area contributed by atoms with Crippen molar-refractivity contribution in [2.45, 2.75) is 12.3 Å². The van der Waals surface area contributed by atoms with Crippen LogP contribution in [0.4, 0.5) is 0 Å². The fourth-order valence-electron chi connectivity index (χ4n) is 1.66. The number of benzene rings is 1. The molecule has 0 heterocycles. The third-order valence-electron chi connectivity index (χ3n) is 2.51. The van der Waals surface area contributed by atoms with E-state index in [0.717, 1.165) is 6.42 Å². The Kier molecular flexibility index (Phi) is 1.93. The van der Waals surface area contributed by atoms with E-state index in [4.69, 9.17) is 10.9 Å². The van der Waals surface area contributed by atoms with Gasteiger partial charge in [0.2, 0.25) is 0 Å². The van der Waals surface area contributed by atoms with E-state index in [0.29, 0.717) is 11.8 Å². The molecule has 1 saturated carbocycles. The summed E-state index contributed by atoms with van der Waals surface area (Å²) in [5.41, 5.74) is 6.78. The van der Waals surface area contributed by atoms with Crippen LogP contribution in [-0.4, -0.2) is 11.0 Å². The van der Waals surface area contributed by atoms with Crippen molar-refractivity contribution in [2.75, 3.05) is 0 Å². The summed E-state index contributed by atoms with van der Waals surface area (Å²) in [4.78, 5) is 0. The zero-order valence-corrected chi connectivity index (χ0v) is 7.22. The monoisotopic (exact) mass is 176 g/mol. The fourth-order valence-corrected chi connectivity index (χ4v) is 1.66. The van der Waals surface area contributed by atoms with Gasteiger partial charge in [0.25, 0.3) is 0 Å². The summed E-state index contributed by atoms with van der Waals surface area (Å²) < 4.78 is 0. The summed E-state index contributed by atoms with van der Waals surface area (Å²) in [6, 6.07) is 10.2. The lowest BCUT2D eigenvalue weighted by Crippen LogP contribution is -2.14. The van der Waals surface area contributed by atoms with E-state index in [1.165, 1.54) is 5.56 Å². The minimum atomic E-state index is 0.243. The molecule has 1 fully saturated rings. The first kappa shape index (κ1) is 8.10. The highest BCUT2D eigenvalue weighted by Gasteiger charge is 2.41. The van der Waals surface area contributed by atoms with Crippen molar-refractivity contribution in [3.8, 4) is 0 Å². The van der Waals surface area contributed by atoms with Gasteiger partial charge in [0, 0.05) is 5.92 Å². The van der Waals surface area contributed by atoms with Crippen LogP contribution in [0.5, 0.6) is 0 Å². The van der Waals surface area contributed by atoms with Crippen LogP contribution >= 0.6 is 0 Å². The number of nitrogens with two attached hydrogens (primary N) is 1. The van der Waals surface area contributed by atoms with Crippen LogP contribution in [0.25, 0.3) is 0 Å². The Balaban J connectivity index is 2.09. The molecule has 1 aliphatic carbocycles. The summed E-state index contributed by atoms with van der Waals surface area (Å²) in [5, 5.41) is 11.5. The zero-order chi connectivity index (χ0) is 9.26. The Morgan fingerprint density at radius 1 is 1.38 bits per heavy atom. The fraction of sp³-hybridized carbons (Fsp3) is 0.300. The number of hydrogen-bond donors (Lipinski definition) is 2. The van der Waals surface area contributed by atoms with Crippen molar-refractivity contribution in [1.29, 1.82) is 0 Å². The van der Waals surface area contributed by atoms with Crippen LogP contribution in [0.15, 0.2) is 35.5 Å². The van der Waals surface area contributed by atoms with E-state index in [2.05, 4.69) is 17.3 Å². The second-order valence-electron chi connectivity index (χ2n) is 3.38. The molecular formula is C10H12N2O. The molecule has 2 rings (SSSR count). The predicted octanol–water partition coefficient (Wildman–Crippen LogP) is 1.54. The molecule has 3 nitrogen and oxygen atoms in total. The molecule has 0 unspecified atom stereocenters. The molecule has 13 heavy (non-hydrogen) atoms. The highest BCUT2D eigenvalue weighted by molar-refractivity contribution is 5.86. The van der Waals surface area contributed by atoms with Crippen molar-refractivity contribution >= 4 is 5.84 Å². The summed E-state index contributed by atoms with van der Waals surface area (Å²) in [7, 11) is 0. The van der Waals surface area contributed by atoms with E-state index in [9.17, 15) is 0 Å². The van der Waals surface area contributed by atoms with Gasteiger partial charge in [-0.3, -0.25) is 0 Å². The average Bonchev–Trinajstić information content (AvgIpc) is 2.98. The first-order valence-corrected chi connectivity index (χ1v) is 4.35. The van der Waals surface area contributed by atoms with E-state index in [-0.39, 0.29) is 5.92 Å². The first-order valence-electron chi connectivity index (χ1n) is 4.35. The second-order valence-corrected chi connectivity index (χ2v) is 3.38. The van der Waals surface area contributed by atoms with E-state index in [1.54, 1.807) is 0 Å². The van der Waals surface area contributed by atoms with Gasteiger partial charge < -0.3 is 10.9 Å². The molecule has 0 radical (unpaired) electrons. The van der Waals surface area contributed by atoms with E-state index in [1.807, 2.05) is 18.2 Å². The van der Waals surface area contributed by atoms with Crippen molar-refractivity contribution in [3.63, 3.8) is 0 Å². The van der Waals surface area contributed by atoms with Gasteiger partial charge in [-0.05, 0) is 17.9 Å². The Labute approximate surface area is 76.9 Å². The van der Waals surface area contributed by atoms with Crippen LogP contribution in [-0.2, 0) is 0 Å². The molecular weight excluding hydrogens is 164 g/mol. The summed E-state index contributed by atoms with van der Waals surface area (Å²) in [5.74, 6) is 1.05.